The molecule has 2 heterocycles. The van der Waals surface area contributed by atoms with Crippen molar-refractivity contribution in [3.8, 4) is 0 Å². The quantitative estimate of drug-likeness (QED) is 0.888. The molecule has 1 aromatic carbocycles. The van der Waals surface area contributed by atoms with Crippen LogP contribution in [0.15, 0.2) is 30.6 Å². The second kappa shape index (κ2) is 6.41. The molecule has 0 unspecified atom stereocenters. The third kappa shape index (κ3) is 2.97. The molecule has 0 radical (unpaired) electrons. The SMILES string of the molecule is O=C(N[C@H]1COC[C@H]1n1ccnn1)N[C@@H]1CCc2cc(Cl)ccc21. The van der Waals surface area contributed by atoms with Gasteiger partial charge < -0.3 is 15.4 Å². The number of urea groups is 1. The van der Waals surface area contributed by atoms with E-state index in [-0.39, 0.29) is 24.2 Å². The molecule has 2 aromatic rings. The number of carbonyl (C=O) groups is 1. The van der Waals surface area contributed by atoms with Gasteiger partial charge in [-0.2, -0.15) is 0 Å². The Hall–Kier alpha value is -2.12. The summed E-state index contributed by atoms with van der Waals surface area (Å²) < 4.78 is 7.22. The van der Waals surface area contributed by atoms with Crippen molar-refractivity contribution in [1.29, 1.82) is 0 Å². The number of halogens is 1. The van der Waals surface area contributed by atoms with Crippen LogP contribution in [0.2, 0.25) is 5.02 Å². The maximum Gasteiger partial charge on any atom is 0.315 e. The minimum atomic E-state index is -0.191. The molecule has 126 valence electrons. The lowest BCUT2D eigenvalue weighted by atomic mass is 10.1. The maximum atomic E-state index is 12.4. The number of hydrogen-bond donors (Lipinski definition) is 2. The van der Waals surface area contributed by atoms with Crippen LogP contribution < -0.4 is 10.6 Å². The lowest BCUT2D eigenvalue weighted by Crippen LogP contribution is -2.46. The van der Waals surface area contributed by atoms with Gasteiger partial charge in [0.15, 0.2) is 0 Å². The van der Waals surface area contributed by atoms with Crippen molar-refractivity contribution in [2.45, 2.75) is 31.0 Å². The molecule has 1 saturated heterocycles. The molecule has 1 aromatic heterocycles. The van der Waals surface area contributed by atoms with E-state index in [1.54, 1.807) is 17.1 Å². The molecule has 3 atom stereocenters. The molecular formula is C16H18ClN5O2. The van der Waals surface area contributed by atoms with Gasteiger partial charge in [-0.25, -0.2) is 9.48 Å². The Morgan fingerprint density at radius 3 is 3.08 bits per heavy atom. The zero-order valence-electron chi connectivity index (χ0n) is 13.0. The van der Waals surface area contributed by atoms with Gasteiger partial charge in [-0.3, -0.25) is 0 Å². The lowest BCUT2D eigenvalue weighted by molar-refractivity contribution is 0.180. The summed E-state index contributed by atoms with van der Waals surface area (Å²) in [5.74, 6) is 0. The molecule has 0 spiro atoms. The Kier molecular flexibility index (Phi) is 4.12. The van der Waals surface area contributed by atoms with Gasteiger partial charge >= 0.3 is 6.03 Å². The van der Waals surface area contributed by atoms with E-state index in [0.29, 0.717) is 13.2 Å². The number of ether oxygens (including phenoxy) is 1. The van der Waals surface area contributed by atoms with E-state index in [4.69, 9.17) is 16.3 Å². The number of aromatic nitrogens is 3. The number of benzene rings is 1. The second-order valence-corrected chi connectivity index (χ2v) is 6.58. The zero-order chi connectivity index (χ0) is 16.5. The smallest absolute Gasteiger partial charge is 0.315 e. The standard InChI is InChI=1S/C16H18ClN5O2/c17-11-2-3-12-10(7-11)1-4-13(12)19-16(23)20-14-8-24-9-15(14)22-6-5-18-21-22/h2-3,5-7,13-15H,1,4,8-9H2,(H2,19,20,23)/t13-,14+,15-/m1/s1. The Labute approximate surface area is 144 Å². The normalized spacial score (nSPS) is 25.5. The van der Waals surface area contributed by atoms with Crippen molar-refractivity contribution in [3.05, 3.63) is 46.7 Å². The van der Waals surface area contributed by atoms with Crippen molar-refractivity contribution >= 4 is 17.6 Å². The van der Waals surface area contributed by atoms with Gasteiger partial charge in [0.1, 0.15) is 0 Å². The Bertz CT molecular complexity index is 736. The number of aryl methyl sites for hydroxylation is 1. The molecule has 1 aliphatic carbocycles. The van der Waals surface area contributed by atoms with Crippen LogP contribution in [0.4, 0.5) is 4.79 Å². The van der Waals surface area contributed by atoms with E-state index >= 15 is 0 Å². The second-order valence-electron chi connectivity index (χ2n) is 6.15. The van der Waals surface area contributed by atoms with Crippen LogP contribution in [0.3, 0.4) is 0 Å². The minimum Gasteiger partial charge on any atom is -0.377 e. The molecule has 2 amide bonds. The molecule has 1 fully saturated rings. The third-order valence-corrected chi connectivity index (χ3v) is 4.87. The van der Waals surface area contributed by atoms with Crippen LogP contribution >= 0.6 is 11.6 Å². The van der Waals surface area contributed by atoms with Crippen molar-refractivity contribution in [2.75, 3.05) is 13.2 Å². The Morgan fingerprint density at radius 1 is 1.33 bits per heavy atom. The summed E-state index contributed by atoms with van der Waals surface area (Å²) in [5.41, 5.74) is 2.35. The first-order chi connectivity index (χ1) is 11.7. The molecule has 0 bridgehead atoms. The fourth-order valence-corrected chi connectivity index (χ4v) is 3.63. The topological polar surface area (TPSA) is 81.1 Å². The molecule has 4 rings (SSSR count). The molecule has 1 aliphatic heterocycles. The van der Waals surface area contributed by atoms with Crippen LogP contribution in [-0.2, 0) is 11.2 Å². The summed E-state index contributed by atoms with van der Waals surface area (Å²) >= 11 is 6.03. The van der Waals surface area contributed by atoms with Crippen LogP contribution in [0.5, 0.6) is 0 Å². The molecule has 2 aliphatic rings. The highest BCUT2D eigenvalue weighted by atomic mass is 35.5. The maximum absolute atomic E-state index is 12.4. The van der Waals surface area contributed by atoms with Gasteiger partial charge in [0.2, 0.25) is 0 Å². The summed E-state index contributed by atoms with van der Waals surface area (Å²) in [6.07, 6.45) is 5.21. The number of rotatable bonds is 3. The molecule has 24 heavy (non-hydrogen) atoms. The summed E-state index contributed by atoms with van der Waals surface area (Å²) in [5, 5.41) is 14.6. The third-order valence-electron chi connectivity index (χ3n) is 4.64. The predicted molar refractivity (Wildman–Crippen MR) is 87.8 cm³/mol. The molecule has 0 saturated carbocycles. The first-order valence-electron chi connectivity index (χ1n) is 7.99. The highest BCUT2D eigenvalue weighted by molar-refractivity contribution is 6.30. The monoisotopic (exact) mass is 347 g/mol. The van der Waals surface area contributed by atoms with Crippen molar-refractivity contribution < 1.29 is 9.53 Å². The van der Waals surface area contributed by atoms with Gasteiger partial charge in [-0.15, -0.1) is 5.10 Å². The van der Waals surface area contributed by atoms with E-state index in [9.17, 15) is 4.79 Å². The van der Waals surface area contributed by atoms with Crippen LogP contribution in [0.1, 0.15) is 29.6 Å². The predicted octanol–water partition coefficient (Wildman–Crippen LogP) is 1.86. The van der Waals surface area contributed by atoms with Crippen LogP contribution in [0, 0.1) is 0 Å². The summed E-state index contributed by atoms with van der Waals surface area (Å²) in [7, 11) is 0. The van der Waals surface area contributed by atoms with E-state index in [1.165, 1.54) is 5.56 Å². The first kappa shape index (κ1) is 15.4. The number of amides is 2. The summed E-state index contributed by atoms with van der Waals surface area (Å²) in [6.45, 7) is 0.980. The summed E-state index contributed by atoms with van der Waals surface area (Å²) in [4.78, 5) is 12.4. The molecule has 7 nitrogen and oxygen atoms in total. The van der Waals surface area contributed by atoms with Gasteiger partial charge in [-0.05, 0) is 36.1 Å². The number of carbonyl (C=O) groups excluding carboxylic acids is 1. The van der Waals surface area contributed by atoms with Crippen molar-refractivity contribution in [2.24, 2.45) is 0 Å². The summed E-state index contributed by atoms with van der Waals surface area (Å²) in [6, 6.07) is 5.50. The minimum absolute atomic E-state index is 0.0180. The van der Waals surface area contributed by atoms with Gasteiger partial charge in [0, 0.05) is 11.2 Å². The highest BCUT2D eigenvalue weighted by Crippen LogP contribution is 2.32. The molecule has 8 heteroatoms. The number of nitrogens with one attached hydrogen (secondary N) is 2. The Morgan fingerprint density at radius 2 is 2.25 bits per heavy atom. The van der Waals surface area contributed by atoms with E-state index < -0.39 is 0 Å². The average Bonchev–Trinajstić information content (AvgIpc) is 3.28. The van der Waals surface area contributed by atoms with E-state index in [2.05, 4.69) is 20.9 Å². The van der Waals surface area contributed by atoms with Gasteiger partial charge in [-0.1, -0.05) is 22.9 Å². The lowest BCUT2D eigenvalue weighted by Gasteiger charge is -2.21. The van der Waals surface area contributed by atoms with Crippen molar-refractivity contribution in [1.82, 2.24) is 25.6 Å². The fraction of sp³-hybridized carbons (Fsp3) is 0.438. The molecule has 2 N–H and O–H groups in total. The Balaban J connectivity index is 1.39. The van der Waals surface area contributed by atoms with E-state index in [1.807, 2.05) is 18.2 Å². The highest BCUT2D eigenvalue weighted by Gasteiger charge is 2.32. The first-order valence-corrected chi connectivity index (χ1v) is 8.37. The van der Waals surface area contributed by atoms with Crippen LogP contribution in [-0.4, -0.2) is 40.3 Å². The van der Waals surface area contributed by atoms with E-state index in [0.717, 1.165) is 23.4 Å². The number of hydrogen-bond acceptors (Lipinski definition) is 4. The zero-order valence-corrected chi connectivity index (χ0v) is 13.7. The molecular weight excluding hydrogens is 330 g/mol. The largest absolute Gasteiger partial charge is 0.377 e. The van der Waals surface area contributed by atoms with Crippen molar-refractivity contribution in [3.63, 3.8) is 0 Å². The number of nitrogens with zero attached hydrogens (tertiary/aromatic N) is 3. The van der Waals surface area contributed by atoms with Gasteiger partial charge in [0.25, 0.3) is 0 Å². The van der Waals surface area contributed by atoms with Gasteiger partial charge in [0.05, 0.1) is 37.5 Å². The number of fused-ring (bicyclic) bond motifs is 1. The fourth-order valence-electron chi connectivity index (χ4n) is 3.44. The average molecular weight is 348 g/mol. The van der Waals surface area contributed by atoms with Crippen LogP contribution in [0.25, 0.3) is 0 Å².